The fraction of sp³-hybridized carbons (Fsp3) is 0.300. The zero-order valence-corrected chi connectivity index (χ0v) is 16.7. The molecule has 2 aromatic rings. The Balaban J connectivity index is 2.08. The van der Waals surface area contributed by atoms with E-state index in [-0.39, 0.29) is 16.0 Å². The molecule has 0 saturated carbocycles. The Morgan fingerprint density at radius 3 is 2.19 bits per heavy atom. The number of carbonyl (C=O) groups excluding carboxylic acids is 2. The van der Waals surface area contributed by atoms with E-state index in [1.165, 1.54) is 12.1 Å². The maximum absolute atomic E-state index is 12.5. The lowest BCUT2D eigenvalue weighted by atomic mass is 10.1. The largest absolute Gasteiger partial charge is 0.490 e. The molecule has 0 aliphatic carbocycles. The van der Waals surface area contributed by atoms with Gasteiger partial charge in [0.15, 0.2) is 5.75 Å². The summed E-state index contributed by atoms with van der Waals surface area (Å²) in [5, 5.41) is 3.29. The van der Waals surface area contributed by atoms with Crippen molar-refractivity contribution in [2.24, 2.45) is 0 Å². The topological polar surface area (TPSA) is 64.6 Å². The molecule has 27 heavy (non-hydrogen) atoms. The van der Waals surface area contributed by atoms with E-state index in [0.29, 0.717) is 35.8 Å². The van der Waals surface area contributed by atoms with E-state index in [4.69, 9.17) is 32.7 Å². The van der Waals surface area contributed by atoms with Gasteiger partial charge in [0.25, 0.3) is 5.91 Å². The molecule has 0 aliphatic rings. The Labute approximate surface area is 168 Å². The maximum atomic E-state index is 12.5. The summed E-state index contributed by atoms with van der Waals surface area (Å²) < 4.78 is 10.5. The van der Waals surface area contributed by atoms with E-state index < -0.39 is 5.97 Å². The SMILES string of the molecule is CCCCOc1c(Cl)cc(C(=O)Nc2ccc(C(=O)OCC)cc2)cc1Cl. The summed E-state index contributed by atoms with van der Waals surface area (Å²) in [4.78, 5) is 24.1. The maximum Gasteiger partial charge on any atom is 0.338 e. The first-order valence-electron chi connectivity index (χ1n) is 8.66. The number of carbonyl (C=O) groups is 2. The van der Waals surface area contributed by atoms with Crippen LogP contribution in [-0.2, 0) is 4.74 Å². The van der Waals surface area contributed by atoms with E-state index >= 15 is 0 Å². The highest BCUT2D eigenvalue weighted by molar-refractivity contribution is 6.37. The van der Waals surface area contributed by atoms with Crippen molar-refractivity contribution in [2.75, 3.05) is 18.5 Å². The number of hydrogen-bond acceptors (Lipinski definition) is 4. The van der Waals surface area contributed by atoms with E-state index in [2.05, 4.69) is 12.2 Å². The first-order chi connectivity index (χ1) is 13.0. The van der Waals surface area contributed by atoms with Crippen LogP contribution in [-0.4, -0.2) is 25.1 Å². The zero-order chi connectivity index (χ0) is 19.8. The van der Waals surface area contributed by atoms with Gasteiger partial charge in [-0.2, -0.15) is 0 Å². The van der Waals surface area contributed by atoms with Gasteiger partial charge in [-0.1, -0.05) is 36.5 Å². The quantitative estimate of drug-likeness (QED) is 0.454. The van der Waals surface area contributed by atoms with Crippen LogP contribution >= 0.6 is 23.2 Å². The number of anilines is 1. The number of rotatable bonds is 8. The highest BCUT2D eigenvalue weighted by atomic mass is 35.5. The fourth-order valence-corrected chi connectivity index (χ4v) is 2.85. The van der Waals surface area contributed by atoms with Crippen molar-refractivity contribution in [1.29, 1.82) is 0 Å². The van der Waals surface area contributed by atoms with Crippen molar-refractivity contribution in [3.63, 3.8) is 0 Å². The normalized spacial score (nSPS) is 10.4. The van der Waals surface area contributed by atoms with Crippen LogP contribution < -0.4 is 10.1 Å². The molecule has 144 valence electrons. The molecule has 7 heteroatoms. The first kappa shape index (κ1) is 21.1. The molecule has 0 aliphatic heterocycles. The van der Waals surface area contributed by atoms with Crippen LogP contribution in [0.3, 0.4) is 0 Å². The molecule has 0 heterocycles. The van der Waals surface area contributed by atoms with Gasteiger partial charge < -0.3 is 14.8 Å². The second-order valence-electron chi connectivity index (χ2n) is 5.72. The van der Waals surface area contributed by atoms with Gasteiger partial charge in [0.1, 0.15) is 0 Å². The number of ether oxygens (including phenoxy) is 2. The van der Waals surface area contributed by atoms with E-state index in [1.54, 1.807) is 31.2 Å². The third kappa shape index (κ3) is 5.88. The molecular weight excluding hydrogens is 389 g/mol. The standard InChI is InChI=1S/C20H21Cl2NO4/c1-3-5-10-27-18-16(21)11-14(12-17(18)22)19(24)23-15-8-6-13(7-9-15)20(25)26-4-2/h6-9,11-12H,3-5,10H2,1-2H3,(H,23,24). The minimum Gasteiger partial charge on any atom is -0.490 e. The van der Waals surface area contributed by atoms with Crippen LogP contribution in [0.1, 0.15) is 47.4 Å². The smallest absolute Gasteiger partial charge is 0.338 e. The summed E-state index contributed by atoms with van der Waals surface area (Å²) in [5.74, 6) is -0.405. The molecule has 0 unspecified atom stereocenters. The lowest BCUT2D eigenvalue weighted by molar-refractivity contribution is 0.0526. The summed E-state index contributed by atoms with van der Waals surface area (Å²) in [7, 11) is 0. The van der Waals surface area contributed by atoms with Crippen molar-refractivity contribution in [2.45, 2.75) is 26.7 Å². The summed E-state index contributed by atoms with van der Waals surface area (Å²) in [5.41, 5.74) is 1.25. The number of amides is 1. The van der Waals surface area contributed by atoms with Crippen LogP contribution in [0.25, 0.3) is 0 Å². The van der Waals surface area contributed by atoms with Gasteiger partial charge in [0.05, 0.1) is 28.8 Å². The number of nitrogens with one attached hydrogen (secondary N) is 1. The van der Waals surface area contributed by atoms with Crippen LogP contribution in [0.2, 0.25) is 10.0 Å². The summed E-state index contributed by atoms with van der Waals surface area (Å²) in [6, 6.07) is 9.43. The van der Waals surface area contributed by atoms with Crippen LogP contribution in [0.4, 0.5) is 5.69 Å². The minimum absolute atomic E-state index is 0.279. The average molecular weight is 410 g/mol. The predicted octanol–water partition coefficient (Wildman–Crippen LogP) is 5.60. The van der Waals surface area contributed by atoms with Crippen LogP contribution in [0, 0.1) is 0 Å². The van der Waals surface area contributed by atoms with E-state index in [0.717, 1.165) is 12.8 Å². The number of esters is 1. The molecule has 5 nitrogen and oxygen atoms in total. The Kier molecular flexibility index (Phi) is 7.95. The van der Waals surface area contributed by atoms with E-state index in [1.807, 2.05) is 0 Å². The molecule has 0 aromatic heterocycles. The van der Waals surface area contributed by atoms with Crippen LogP contribution in [0.5, 0.6) is 5.75 Å². The monoisotopic (exact) mass is 409 g/mol. The van der Waals surface area contributed by atoms with Gasteiger partial charge in [-0.05, 0) is 49.7 Å². The number of halogens is 2. The molecule has 0 bridgehead atoms. The number of hydrogen-bond donors (Lipinski definition) is 1. The van der Waals surface area contributed by atoms with Gasteiger partial charge in [-0.15, -0.1) is 0 Å². The van der Waals surface area contributed by atoms with Gasteiger partial charge in [0, 0.05) is 11.3 Å². The fourth-order valence-electron chi connectivity index (χ4n) is 2.25. The van der Waals surface area contributed by atoms with Crippen molar-refractivity contribution in [3.8, 4) is 5.75 Å². The summed E-state index contributed by atoms with van der Waals surface area (Å²) in [6.07, 6.45) is 1.88. The molecular formula is C20H21Cl2NO4. The van der Waals surface area contributed by atoms with Gasteiger partial charge in [-0.25, -0.2) is 4.79 Å². The highest BCUT2D eigenvalue weighted by Gasteiger charge is 2.15. The van der Waals surface area contributed by atoms with Crippen molar-refractivity contribution < 1.29 is 19.1 Å². The lowest BCUT2D eigenvalue weighted by Crippen LogP contribution is -2.12. The molecule has 2 aromatic carbocycles. The Hall–Kier alpha value is -2.24. The Morgan fingerprint density at radius 2 is 1.63 bits per heavy atom. The average Bonchev–Trinajstić information content (AvgIpc) is 2.64. The molecule has 0 saturated heterocycles. The van der Waals surface area contributed by atoms with Gasteiger partial charge in [0.2, 0.25) is 0 Å². The third-order valence-electron chi connectivity index (χ3n) is 3.66. The number of benzene rings is 2. The summed E-state index contributed by atoms with van der Waals surface area (Å²) in [6.45, 7) is 4.60. The summed E-state index contributed by atoms with van der Waals surface area (Å²) >= 11 is 12.4. The minimum atomic E-state index is -0.410. The molecule has 0 atom stereocenters. The molecule has 0 spiro atoms. The molecule has 1 N–H and O–H groups in total. The molecule has 0 radical (unpaired) electrons. The number of unbranched alkanes of at least 4 members (excludes halogenated alkanes) is 1. The predicted molar refractivity (Wildman–Crippen MR) is 107 cm³/mol. The molecule has 1 amide bonds. The van der Waals surface area contributed by atoms with Crippen LogP contribution in [0.15, 0.2) is 36.4 Å². The molecule has 2 rings (SSSR count). The zero-order valence-electron chi connectivity index (χ0n) is 15.2. The second kappa shape index (κ2) is 10.2. The Morgan fingerprint density at radius 1 is 1.00 bits per heavy atom. The lowest BCUT2D eigenvalue weighted by Gasteiger charge is -2.12. The van der Waals surface area contributed by atoms with Crippen molar-refractivity contribution in [3.05, 3.63) is 57.6 Å². The Bertz CT molecular complexity index is 783. The van der Waals surface area contributed by atoms with Crippen molar-refractivity contribution >= 4 is 40.8 Å². The van der Waals surface area contributed by atoms with E-state index in [9.17, 15) is 9.59 Å². The third-order valence-corrected chi connectivity index (χ3v) is 4.22. The van der Waals surface area contributed by atoms with Crippen molar-refractivity contribution in [1.82, 2.24) is 0 Å². The van der Waals surface area contributed by atoms with Gasteiger partial charge in [-0.3, -0.25) is 4.79 Å². The molecule has 0 fully saturated rings. The highest BCUT2D eigenvalue weighted by Crippen LogP contribution is 2.34. The second-order valence-corrected chi connectivity index (χ2v) is 6.54. The van der Waals surface area contributed by atoms with Gasteiger partial charge >= 0.3 is 5.97 Å². The first-order valence-corrected chi connectivity index (χ1v) is 9.42.